The molecule has 0 atom stereocenters. The summed E-state index contributed by atoms with van der Waals surface area (Å²) in [7, 11) is 3.28. The minimum atomic E-state index is 0.678. The van der Waals surface area contributed by atoms with Crippen molar-refractivity contribution in [1.82, 2.24) is 5.16 Å². The zero-order valence-corrected chi connectivity index (χ0v) is 10.4. The number of rotatable bonds is 3. The van der Waals surface area contributed by atoms with Gasteiger partial charge >= 0.3 is 0 Å². The van der Waals surface area contributed by atoms with Gasteiger partial charge in [0.2, 0.25) is 0 Å². The average Bonchev–Trinajstić information content (AvgIpc) is 2.75. The lowest BCUT2D eigenvalue weighted by molar-refractivity contribution is 0.395. The molecule has 17 heavy (non-hydrogen) atoms. The second-order valence-corrected chi connectivity index (χ2v) is 3.85. The summed E-state index contributed by atoms with van der Waals surface area (Å²) in [5.41, 5.74) is 2.70. The molecule has 0 aliphatic heterocycles. The summed E-state index contributed by atoms with van der Waals surface area (Å²) in [6.07, 6.45) is 0. The maximum Gasteiger partial charge on any atom is 0.170 e. The first-order valence-electron chi connectivity index (χ1n) is 5.32. The lowest BCUT2D eigenvalue weighted by atomic mass is 10.1. The number of ether oxygens (including phenoxy) is 2. The fraction of sp³-hybridized carbons (Fsp3) is 0.308. The van der Waals surface area contributed by atoms with E-state index in [2.05, 4.69) is 5.16 Å². The Labute approximate surface area is 100 Å². The molecule has 0 unspecified atom stereocenters. The van der Waals surface area contributed by atoms with Gasteiger partial charge in [0, 0.05) is 6.07 Å². The van der Waals surface area contributed by atoms with E-state index in [0.29, 0.717) is 5.76 Å². The van der Waals surface area contributed by atoms with Crippen LogP contribution in [-0.4, -0.2) is 19.4 Å². The van der Waals surface area contributed by atoms with Gasteiger partial charge in [0.15, 0.2) is 5.76 Å². The van der Waals surface area contributed by atoms with E-state index in [1.54, 1.807) is 14.2 Å². The third kappa shape index (κ3) is 2.11. The van der Waals surface area contributed by atoms with Crippen molar-refractivity contribution in [3.8, 4) is 22.8 Å². The molecule has 0 aliphatic carbocycles. The molecule has 0 radical (unpaired) electrons. The second-order valence-electron chi connectivity index (χ2n) is 3.85. The van der Waals surface area contributed by atoms with E-state index in [-0.39, 0.29) is 0 Å². The average molecular weight is 233 g/mol. The number of methoxy groups -OCH3 is 2. The molecule has 0 fully saturated rings. The molecule has 0 amide bonds. The Morgan fingerprint density at radius 3 is 2.24 bits per heavy atom. The molecule has 4 heteroatoms. The van der Waals surface area contributed by atoms with Crippen LogP contribution in [0.3, 0.4) is 0 Å². The van der Waals surface area contributed by atoms with Gasteiger partial charge in [0.25, 0.3) is 0 Å². The molecule has 0 aliphatic rings. The lowest BCUT2D eigenvalue weighted by Gasteiger charge is -2.10. The van der Waals surface area contributed by atoms with Gasteiger partial charge in [0.05, 0.1) is 25.5 Å². The minimum Gasteiger partial charge on any atom is -0.496 e. The standard InChI is InChI=1S/C13H15NO3/c1-8-5-12(16-4)10(7-11(8)15-3)13-6-9(2)14-17-13/h5-7H,1-4H3. The van der Waals surface area contributed by atoms with Crippen molar-refractivity contribution in [2.24, 2.45) is 0 Å². The smallest absolute Gasteiger partial charge is 0.170 e. The summed E-state index contributed by atoms with van der Waals surface area (Å²) in [6, 6.07) is 5.69. The van der Waals surface area contributed by atoms with Crippen LogP contribution in [0.2, 0.25) is 0 Å². The van der Waals surface area contributed by atoms with E-state index >= 15 is 0 Å². The molecule has 1 aromatic carbocycles. The van der Waals surface area contributed by atoms with Crippen molar-refractivity contribution >= 4 is 0 Å². The summed E-state index contributed by atoms with van der Waals surface area (Å²) in [5, 5.41) is 3.87. The molecule has 90 valence electrons. The summed E-state index contributed by atoms with van der Waals surface area (Å²) < 4.78 is 15.9. The van der Waals surface area contributed by atoms with E-state index in [1.807, 2.05) is 32.0 Å². The number of aromatic nitrogens is 1. The second kappa shape index (κ2) is 4.49. The highest BCUT2D eigenvalue weighted by molar-refractivity contribution is 5.69. The van der Waals surface area contributed by atoms with Crippen LogP contribution in [0.15, 0.2) is 22.7 Å². The van der Waals surface area contributed by atoms with Gasteiger partial charge in [0.1, 0.15) is 11.5 Å². The van der Waals surface area contributed by atoms with Crippen molar-refractivity contribution in [2.75, 3.05) is 14.2 Å². The normalized spacial score (nSPS) is 10.4. The monoisotopic (exact) mass is 233 g/mol. The molecule has 0 saturated carbocycles. The van der Waals surface area contributed by atoms with Crippen LogP contribution in [0, 0.1) is 13.8 Å². The Morgan fingerprint density at radius 2 is 1.71 bits per heavy atom. The van der Waals surface area contributed by atoms with Gasteiger partial charge < -0.3 is 14.0 Å². The fourth-order valence-electron chi connectivity index (χ4n) is 1.73. The van der Waals surface area contributed by atoms with Crippen LogP contribution >= 0.6 is 0 Å². The number of nitrogens with zero attached hydrogens (tertiary/aromatic N) is 1. The van der Waals surface area contributed by atoms with Gasteiger partial charge in [-0.15, -0.1) is 0 Å². The summed E-state index contributed by atoms with van der Waals surface area (Å²) >= 11 is 0. The molecule has 0 spiro atoms. The Kier molecular flexibility index (Phi) is 3.04. The van der Waals surface area contributed by atoms with Gasteiger partial charge in [-0.05, 0) is 31.5 Å². The Hall–Kier alpha value is -1.97. The SMILES string of the molecule is COc1cc(-c2cc(C)no2)c(OC)cc1C. The van der Waals surface area contributed by atoms with Crippen LogP contribution in [-0.2, 0) is 0 Å². The molecule has 0 saturated heterocycles. The summed E-state index contributed by atoms with van der Waals surface area (Å²) in [5.74, 6) is 2.23. The number of hydrogen-bond acceptors (Lipinski definition) is 4. The van der Waals surface area contributed by atoms with Crippen LogP contribution in [0.25, 0.3) is 11.3 Å². The van der Waals surface area contributed by atoms with E-state index in [1.165, 1.54) is 0 Å². The van der Waals surface area contributed by atoms with Gasteiger partial charge in [-0.2, -0.15) is 0 Å². The van der Waals surface area contributed by atoms with E-state index in [9.17, 15) is 0 Å². The van der Waals surface area contributed by atoms with Crippen molar-refractivity contribution < 1.29 is 14.0 Å². The maximum absolute atomic E-state index is 5.35. The number of hydrogen-bond donors (Lipinski definition) is 0. The minimum absolute atomic E-state index is 0.678. The molecule has 1 heterocycles. The molecule has 1 aromatic heterocycles. The van der Waals surface area contributed by atoms with Crippen LogP contribution in [0.5, 0.6) is 11.5 Å². The van der Waals surface area contributed by atoms with Crippen molar-refractivity contribution in [1.29, 1.82) is 0 Å². The van der Waals surface area contributed by atoms with Crippen molar-refractivity contribution in [3.63, 3.8) is 0 Å². The first-order valence-corrected chi connectivity index (χ1v) is 5.32. The van der Waals surface area contributed by atoms with E-state index < -0.39 is 0 Å². The predicted octanol–water partition coefficient (Wildman–Crippen LogP) is 2.98. The van der Waals surface area contributed by atoms with Crippen molar-refractivity contribution in [3.05, 3.63) is 29.5 Å². The van der Waals surface area contributed by atoms with Gasteiger partial charge in [-0.3, -0.25) is 0 Å². The van der Waals surface area contributed by atoms with Gasteiger partial charge in [-0.1, -0.05) is 5.16 Å². The first kappa shape index (κ1) is 11.5. The van der Waals surface area contributed by atoms with E-state index in [0.717, 1.165) is 28.3 Å². The summed E-state index contributed by atoms with van der Waals surface area (Å²) in [6.45, 7) is 3.85. The topological polar surface area (TPSA) is 44.5 Å². The highest BCUT2D eigenvalue weighted by atomic mass is 16.5. The molecular weight excluding hydrogens is 218 g/mol. The van der Waals surface area contributed by atoms with E-state index in [4.69, 9.17) is 14.0 Å². The van der Waals surface area contributed by atoms with Crippen LogP contribution in [0.1, 0.15) is 11.3 Å². The Bertz CT molecular complexity index is 531. The number of benzene rings is 1. The van der Waals surface area contributed by atoms with Crippen LogP contribution in [0.4, 0.5) is 0 Å². The molecule has 2 aromatic rings. The maximum atomic E-state index is 5.35. The highest BCUT2D eigenvalue weighted by Crippen LogP contribution is 2.35. The molecular formula is C13H15NO3. The first-order chi connectivity index (χ1) is 8.15. The number of aryl methyl sites for hydroxylation is 2. The molecule has 2 rings (SSSR count). The van der Waals surface area contributed by atoms with Crippen LogP contribution < -0.4 is 9.47 Å². The Balaban J connectivity index is 2.58. The van der Waals surface area contributed by atoms with Crippen molar-refractivity contribution in [2.45, 2.75) is 13.8 Å². The third-order valence-electron chi connectivity index (χ3n) is 2.61. The summed E-state index contributed by atoms with van der Waals surface area (Å²) in [4.78, 5) is 0. The predicted molar refractivity (Wildman–Crippen MR) is 64.5 cm³/mol. The fourth-order valence-corrected chi connectivity index (χ4v) is 1.73. The lowest BCUT2D eigenvalue weighted by Crippen LogP contribution is -1.92. The molecule has 4 nitrogen and oxygen atoms in total. The molecule has 0 N–H and O–H groups in total. The Morgan fingerprint density at radius 1 is 1.00 bits per heavy atom. The third-order valence-corrected chi connectivity index (χ3v) is 2.61. The largest absolute Gasteiger partial charge is 0.496 e. The molecule has 0 bridgehead atoms. The quantitative estimate of drug-likeness (QED) is 0.817. The zero-order chi connectivity index (χ0) is 12.4. The van der Waals surface area contributed by atoms with Gasteiger partial charge in [-0.25, -0.2) is 0 Å². The zero-order valence-electron chi connectivity index (χ0n) is 10.4. The highest BCUT2D eigenvalue weighted by Gasteiger charge is 2.14.